The molecule has 3 rings (SSSR count). The summed E-state index contributed by atoms with van der Waals surface area (Å²) in [6.07, 6.45) is 3.94. The van der Waals surface area contributed by atoms with E-state index in [-0.39, 0.29) is 11.8 Å². The molecule has 0 aliphatic carbocycles. The quantitative estimate of drug-likeness (QED) is 0.507. The smallest absolute Gasteiger partial charge is 0.234 e. The first-order valence-corrected chi connectivity index (χ1v) is 9.32. The van der Waals surface area contributed by atoms with E-state index in [0.29, 0.717) is 13.1 Å². The number of carbonyl (C=O) groups is 1. The van der Waals surface area contributed by atoms with Crippen LogP contribution < -0.4 is 0 Å². The van der Waals surface area contributed by atoms with Gasteiger partial charge in [0.1, 0.15) is 0 Å². The molecule has 27 heavy (non-hydrogen) atoms. The molecule has 3 aromatic carbocycles. The Morgan fingerprint density at radius 1 is 0.778 bits per heavy atom. The number of hydrogen-bond acceptors (Lipinski definition) is 1. The van der Waals surface area contributed by atoms with Crippen molar-refractivity contribution in [3.8, 4) is 0 Å². The Balaban J connectivity index is 1.90. The Morgan fingerprint density at radius 3 is 1.67 bits per heavy atom. The van der Waals surface area contributed by atoms with Gasteiger partial charge in [-0.05, 0) is 23.6 Å². The number of nitrogens with zero attached hydrogens (tertiary/aromatic N) is 1. The van der Waals surface area contributed by atoms with Gasteiger partial charge in [-0.25, -0.2) is 0 Å². The van der Waals surface area contributed by atoms with E-state index in [1.165, 1.54) is 0 Å². The highest BCUT2D eigenvalue weighted by molar-refractivity contribution is 5.85. The lowest BCUT2D eigenvalue weighted by Crippen LogP contribution is -2.33. The minimum Gasteiger partial charge on any atom is -0.333 e. The van der Waals surface area contributed by atoms with Gasteiger partial charge in [-0.1, -0.05) is 103 Å². The molecular weight excluding hydrogens is 330 g/mol. The van der Waals surface area contributed by atoms with E-state index >= 15 is 0 Å². The molecule has 136 valence electrons. The number of allylic oxidation sites excluding steroid dienone is 1. The van der Waals surface area contributed by atoms with Gasteiger partial charge in [0.2, 0.25) is 5.91 Å². The Labute approximate surface area is 161 Å². The third kappa shape index (κ3) is 5.18. The Hall–Kier alpha value is -3.13. The van der Waals surface area contributed by atoms with E-state index < -0.39 is 0 Å². The zero-order chi connectivity index (χ0) is 18.9. The molecular formula is C25H25NO. The van der Waals surface area contributed by atoms with Crippen LogP contribution in [0.3, 0.4) is 0 Å². The van der Waals surface area contributed by atoms with E-state index in [4.69, 9.17) is 0 Å². The second-order valence-electron chi connectivity index (χ2n) is 6.58. The molecule has 0 aliphatic heterocycles. The Morgan fingerprint density at radius 2 is 1.22 bits per heavy atom. The van der Waals surface area contributed by atoms with Crippen LogP contribution in [0.1, 0.15) is 29.5 Å². The molecule has 0 saturated heterocycles. The van der Waals surface area contributed by atoms with Gasteiger partial charge in [0, 0.05) is 13.1 Å². The van der Waals surface area contributed by atoms with Crippen molar-refractivity contribution in [1.82, 2.24) is 4.90 Å². The monoisotopic (exact) mass is 355 g/mol. The fourth-order valence-corrected chi connectivity index (χ4v) is 3.20. The van der Waals surface area contributed by atoms with E-state index in [9.17, 15) is 4.79 Å². The maximum atomic E-state index is 13.5. The van der Waals surface area contributed by atoms with Gasteiger partial charge in [-0.15, -0.1) is 0 Å². The second-order valence-corrected chi connectivity index (χ2v) is 6.58. The van der Waals surface area contributed by atoms with Gasteiger partial charge >= 0.3 is 0 Å². The summed E-state index contributed by atoms with van der Waals surface area (Å²) in [5, 5.41) is 0. The van der Waals surface area contributed by atoms with Crippen molar-refractivity contribution in [2.45, 2.75) is 25.9 Å². The van der Waals surface area contributed by atoms with Crippen molar-refractivity contribution < 1.29 is 4.79 Å². The van der Waals surface area contributed by atoms with Crippen LogP contribution in [-0.2, 0) is 17.9 Å². The molecule has 0 radical (unpaired) electrons. The molecule has 0 spiro atoms. The van der Waals surface area contributed by atoms with Gasteiger partial charge < -0.3 is 4.90 Å². The van der Waals surface area contributed by atoms with Crippen molar-refractivity contribution in [1.29, 1.82) is 0 Å². The zero-order valence-corrected chi connectivity index (χ0v) is 15.7. The molecule has 1 amide bonds. The summed E-state index contributed by atoms with van der Waals surface area (Å²) in [4.78, 5) is 15.5. The topological polar surface area (TPSA) is 20.3 Å². The molecule has 0 saturated carbocycles. The molecule has 0 bridgehead atoms. The molecule has 0 heterocycles. The van der Waals surface area contributed by atoms with Crippen LogP contribution in [0.15, 0.2) is 103 Å². The molecule has 1 atom stereocenters. The highest BCUT2D eigenvalue weighted by atomic mass is 16.2. The predicted molar refractivity (Wildman–Crippen MR) is 111 cm³/mol. The first-order chi connectivity index (χ1) is 13.3. The van der Waals surface area contributed by atoms with Crippen LogP contribution in [0, 0.1) is 0 Å². The van der Waals surface area contributed by atoms with E-state index in [1.807, 2.05) is 90.7 Å². The van der Waals surface area contributed by atoms with Crippen molar-refractivity contribution in [2.24, 2.45) is 0 Å². The summed E-state index contributed by atoms with van der Waals surface area (Å²) in [5.74, 6) is -0.157. The molecule has 0 aliphatic rings. The lowest BCUT2D eigenvalue weighted by Gasteiger charge is -2.27. The van der Waals surface area contributed by atoms with Gasteiger partial charge in [0.05, 0.1) is 5.92 Å². The van der Waals surface area contributed by atoms with Crippen LogP contribution in [-0.4, -0.2) is 10.8 Å². The largest absolute Gasteiger partial charge is 0.333 e. The molecule has 2 heteroatoms. The summed E-state index contributed by atoms with van der Waals surface area (Å²) in [6, 6.07) is 30.3. The molecule has 3 aromatic rings. The van der Waals surface area contributed by atoms with Crippen molar-refractivity contribution in [3.05, 3.63) is 120 Å². The normalized spacial score (nSPS) is 12.0. The van der Waals surface area contributed by atoms with Gasteiger partial charge in [-0.2, -0.15) is 0 Å². The zero-order valence-electron chi connectivity index (χ0n) is 15.7. The van der Waals surface area contributed by atoms with Crippen LogP contribution in [0.2, 0.25) is 0 Å². The van der Waals surface area contributed by atoms with Crippen molar-refractivity contribution >= 4 is 5.91 Å². The number of amides is 1. The molecule has 0 N–H and O–H groups in total. The summed E-state index contributed by atoms with van der Waals surface area (Å²) in [6.45, 7) is 3.15. The fraction of sp³-hybridized carbons (Fsp3) is 0.160. The van der Waals surface area contributed by atoms with Crippen LogP contribution in [0.25, 0.3) is 0 Å². The Bertz CT molecular complexity index is 815. The lowest BCUT2D eigenvalue weighted by atomic mass is 9.96. The SMILES string of the molecule is CC=CC(C(=O)N(Cc1ccccc1)Cc1ccccc1)c1ccccc1. The average Bonchev–Trinajstić information content (AvgIpc) is 2.73. The van der Waals surface area contributed by atoms with Crippen molar-refractivity contribution in [3.63, 3.8) is 0 Å². The first kappa shape index (κ1) is 18.7. The van der Waals surface area contributed by atoms with Crippen LogP contribution in [0.5, 0.6) is 0 Å². The minimum atomic E-state index is -0.274. The highest BCUT2D eigenvalue weighted by Crippen LogP contribution is 2.23. The van der Waals surface area contributed by atoms with E-state index in [2.05, 4.69) is 24.3 Å². The number of benzene rings is 3. The third-order valence-electron chi connectivity index (χ3n) is 4.55. The van der Waals surface area contributed by atoms with Crippen LogP contribution >= 0.6 is 0 Å². The van der Waals surface area contributed by atoms with Gasteiger partial charge in [0.15, 0.2) is 0 Å². The minimum absolute atomic E-state index is 0.118. The Kier molecular flexibility index (Phi) is 6.59. The summed E-state index contributed by atoms with van der Waals surface area (Å²) < 4.78 is 0. The predicted octanol–water partition coefficient (Wildman–Crippen LogP) is 5.58. The van der Waals surface area contributed by atoms with Gasteiger partial charge in [0.25, 0.3) is 0 Å². The number of hydrogen-bond donors (Lipinski definition) is 0. The summed E-state index contributed by atoms with van der Waals surface area (Å²) in [5.41, 5.74) is 3.29. The highest BCUT2D eigenvalue weighted by Gasteiger charge is 2.24. The van der Waals surface area contributed by atoms with E-state index in [1.54, 1.807) is 0 Å². The lowest BCUT2D eigenvalue weighted by molar-refractivity contribution is -0.133. The van der Waals surface area contributed by atoms with Crippen molar-refractivity contribution in [2.75, 3.05) is 0 Å². The maximum Gasteiger partial charge on any atom is 0.234 e. The van der Waals surface area contributed by atoms with E-state index in [0.717, 1.165) is 16.7 Å². The molecule has 1 unspecified atom stereocenters. The molecule has 2 nitrogen and oxygen atoms in total. The third-order valence-corrected chi connectivity index (χ3v) is 4.55. The first-order valence-electron chi connectivity index (χ1n) is 9.32. The number of rotatable bonds is 7. The molecule has 0 aromatic heterocycles. The summed E-state index contributed by atoms with van der Waals surface area (Å²) >= 11 is 0. The average molecular weight is 355 g/mol. The maximum absolute atomic E-state index is 13.5. The van der Waals surface area contributed by atoms with Crippen LogP contribution in [0.4, 0.5) is 0 Å². The molecule has 0 fully saturated rings. The van der Waals surface area contributed by atoms with Gasteiger partial charge in [-0.3, -0.25) is 4.79 Å². The fourth-order valence-electron chi connectivity index (χ4n) is 3.20. The number of carbonyl (C=O) groups excluding carboxylic acids is 1. The second kappa shape index (κ2) is 9.54. The standard InChI is InChI=1S/C25H25NO/c1-2-12-24(23-17-10-5-11-18-23)25(27)26(19-21-13-6-3-7-14-21)20-22-15-8-4-9-16-22/h2-18,24H,19-20H2,1H3. The summed E-state index contributed by atoms with van der Waals surface area (Å²) in [7, 11) is 0.